The van der Waals surface area contributed by atoms with Crippen LogP contribution < -0.4 is 0 Å². The Kier molecular flexibility index (Phi) is 9.82. The Hall–Kier alpha value is -1.86. The standard InChI is InChI=1S/C28H40F2O5/c1-3-11-20(2)28(29,30)27(33)17-16-23-22(24(31)18-25(23)35-27)14-9-4-5-10-15-26(32)34-19-21-12-7-6-8-13-21/h6-8,12-13,20,22-23,25,33H,3-5,9-11,14-19H2,1-2H3/t20?,22-,23-,25-,27-/m1/s1. The van der Waals surface area contributed by atoms with Gasteiger partial charge in [-0.1, -0.05) is 69.9 Å². The first-order chi connectivity index (χ1) is 16.7. The second-order valence-electron chi connectivity index (χ2n) is 10.3. The number of Topliss-reactive ketones (excluding diaryl/α,β-unsaturated/α-hetero) is 1. The zero-order chi connectivity index (χ0) is 25.5. The number of ketones is 1. The summed E-state index contributed by atoms with van der Waals surface area (Å²) < 4.78 is 40.8. The summed E-state index contributed by atoms with van der Waals surface area (Å²) in [5, 5.41) is 10.7. The van der Waals surface area contributed by atoms with E-state index >= 15 is 0 Å². The molecule has 2 aliphatic rings. The zero-order valence-corrected chi connectivity index (χ0v) is 21.0. The third-order valence-electron chi connectivity index (χ3n) is 7.72. The van der Waals surface area contributed by atoms with Gasteiger partial charge in [0.1, 0.15) is 12.4 Å². The van der Waals surface area contributed by atoms with E-state index in [1.54, 1.807) is 0 Å². The highest BCUT2D eigenvalue weighted by atomic mass is 19.3. The number of carbonyl (C=O) groups excluding carboxylic acids is 2. The number of alkyl halides is 2. The highest BCUT2D eigenvalue weighted by molar-refractivity contribution is 5.84. The van der Waals surface area contributed by atoms with Gasteiger partial charge in [-0.25, -0.2) is 8.78 Å². The van der Waals surface area contributed by atoms with Gasteiger partial charge in [0.15, 0.2) is 0 Å². The van der Waals surface area contributed by atoms with Crippen molar-refractivity contribution < 1.29 is 33.0 Å². The van der Waals surface area contributed by atoms with Gasteiger partial charge < -0.3 is 14.6 Å². The number of ether oxygens (including phenoxy) is 2. The van der Waals surface area contributed by atoms with Gasteiger partial charge in [0.05, 0.1) is 6.10 Å². The maximum atomic E-state index is 14.9. The lowest BCUT2D eigenvalue weighted by Crippen LogP contribution is -2.58. The molecule has 196 valence electrons. The molecule has 5 nitrogen and oxygen atoms in total. The number of rotatable bonds is 13. The van der Waals surface area contributed by atoms with Crippen molar-refractivity contribution in [3.63, 3.8) is 0 Å². The van der Waals surface area contributed by atoms with Crippen LogP contribution in [0.3, 0.4) is 0 Å². The minimum Gasteiger partial charge on any atom is -0.461 e. The molecule has 1 unspecified atom stereocenters. The van der Waals surface area contributed by atoms with Gasteiger partial charge in [0.2, 0.25) is 5.79 Å². The first kappa shape index (κ1) is 27.7. The highest BCUT2D eigenvalue weighted by Gasteiger charge is 2.62. The first-order valence-corrected chi connectivity index (χ1v) is 13.2. The fourth-order valence-electron chi connectivity index (χ4n) is 5.60. The van der Waals surface area contributed by atoms with Gasteiger partial charge in [-0.2, -0.15) is 0 Å². The molecule has 0 aromatic heterocycles. The van der Waals surface area contributed by atoms with Crippen LogP contribution in [0, 0.1) is 17.8 Å². The van der Waals surface area contributed by atoms with E-state index in [1.807, 2.05) is 37.3 Å². The molecule has 0 bridgehead atoms. The number of fused-ring (bicyclic) bond motifs is 1. The molecule has 0 spiro atoms. The van der Waals surface area contributed by atoms with Crippen LogP contribution in [0.4, 0.5) is 8.78 Å². The summed E-state index contributed by atoms with van der Waals surface area (Å²) >= 11 is 0. The smallest absolute Gasteiger partial charge is 0.306 e. The zero-order valence-electron chi connectivity index (χ0n) is 21.0. The number of halogens is 2. The Morgan fingerprint density at radius 1 is 1.23 bits per heavy atom. The average molecular weight is 495 g/mol. The number of benzene rings is 1. The molecule has 5 atom stereocenters. The Morgan fingerprint density at radius 3 is 2.66 bits per heavy atom. The Labute approximate surface area is 207 Å². The third-order valence-corrected chi connectivity index (χ3v) is 7.72. The molecule has 1 aromatic carbocycles. The van der Waals surface area contributed by atoms with E-state index in [-0.39, 0.29) is 43.0 Å². The molecule has 0 radical (unpaired) electrons. The minimum absolute atomic E-state index is 0.0543. The Bertz CT molecular complexity index is 830. The van der Waals surface area contributed by atoms with Crippen LogP contribution in [0.2, 0.25) is 0 Å². The molecule has 1 saturated carbocycles. The fraction of sp³-hybridized carbons (Fsp3) is 0.714. The number of hydrogen-bond donors (Lipinski definition) is 1. The van der Waals surface area contributed by atoms with E-state index in [0.717, 1.165) is 31.2 Å². The lowest BCUT2D eigenvalue weighted by Gasteiger charge is -2.45. The largest absolute Gasteiger partial charge is 0.461 e. The Morgan fingerprint density at radius 2 is 1.94 bits per heavy atom. The van der Waals surface area contributed by atoms with E-state index in [4.69, 9.17) is 9.47 Å². The fourth-order valence-corrected chi connectivity index (χ4v) is 5.60. The highest BCUT2D eigenvalue weighted by Crippen LogP contribution is 2.50. The lowest BCUT2D eigenvalue weighted by molar-refractivity contribution is -0.367. The molecule has 1 N–H and O–H groups in total. The van der Waals surface area contributed by atoms with Gasteiger partial charge in [-0.15, -0.1) is 0 Å². The van der Waals surface area contributed by atoms with Crippen LogP contribution in [0.15, 0.2) is 30.3 Å². The first-order valence-electron chi connectivity index (χ1n) is 13.2. The van der Waals surface area contributed by atoms with Crippen molar-refractivity contribution in [2.24, 2.45) is 17.8 Å². The van der Waals surface area contributed by atoms with Crippen LogP contribution in [-0.2, 0) is 25.7 Å². The minimum atomic E-state index is -3.35. The van der Waals surface area contributed by atoms with Gasteiger partial charge >= 0.3 is 11.9 Å². The topological polar surface area (TPSA) is 72.8 Å². The summed E-state index contributed by atoms with van der Waals surface area (Å²) in [6, 6.07) is 9.56. The van der Waals surface area contributed by atoms with E-state index in [2.05, 4.69) is 0 Å². The molecule has 0 amide bonds. The SMILES string of the molecule is CCCC(C)C(F)(F)[C@@]1(O)CC[C@H]2[C@@H](CC(=O)[C@@H]2CCCCCCC(=O)OCc2ccccc2)O1. The van der Waals surface area contributed by atoms with Gasteiger partial charge in [-0.3, -0.25) is 9.59 Å². The van der Waals surface area contributed by atoms with Gasteiger partial charge in [-0.05, 0) is 37.2 Å². The van der Waals surface area contributed by atoms with Crippen LogP contribution in [0.25, 0.3) is 0 Å². The number of aliphatic hydroxyl groups is 1. The molecular formula is C28H40F2O5. The predicted molar refractivity (Wildman–Crippen MR) is 129 cm³/mol. The molecule has 7 heteroatoms. The van der Waals surface area contributed by atoms with Crippen molar-refractivity contribution >= 4 is 11.8 Å². The summed E-state index contributed by atoms with van der Waals surface area (Å²) in [4.78, 5) is 24.5. The second kappa shape index (κ2) is 12.4. The lowest BCUT2D eigenvalue weighted by atomic mass is 9.80. The van der Waals surface area contributed by atoms with E-state index in [9.17, 15) is 23.5 Å². The average Bonchev–Trinajstić information content (AvgIpc) is 3.14. The summed E-state index contributed by atoms with van der Waals surface area (Å²) in [5.74, 6) is -7.28. The van der Waals surface area contributed by atoms with Gasteiger partial charge in [0.25, 0.3) is 0 Å². The monoisotopic (exact) mass is 494 g/mol. The maximum absolute atomic E-state index is 14.9. The second-order valence-corrected chi connectivity index (χ2v) is 10.3. The molecule has 1 aliphatic carbocycles. The van der Waals surface area contributed by atoms with Crippen molar-refractivity contribution in [2.75, 3.05) is 0 Å². The molecule has 1 aliphatic heterocycles. The summed E-state index contributed by atoms with van der Waals surface area (Å²) in [7, 11) is 0. The third kappa shape index (κ3) is 6.88. The van der Waals surface area contributed by atoms with Crippen LogP contribution in [0.1, 0.15) is 90.0 Å². The molecule has 1 saturated heterocycles. The maximum Gasteiger partial charge on any atom is 0.306 e. The number of unbranched alkanes of at least 4 members (excludes halogenated alkanes) is 3. The predicted octanol–water partition coefficient (Wildman–Crippen LogP) is 6.21. The summed E-state index contributed by atoms with van der Waals surface area (Å²) in [5.41, 5.74) is 0.963. The normalized spacial score (nSPS) is 27.5. The molecule has 35 heavy (non-hydrogen) atoms. The molecule has 1 heterocycles. The molecule has 3 rings (SSSR count). The Balaban J connectivity index is 1.36. The quantitative estimate of drug-likeness (QED) is 0.261. The van der Waals surface area contributed by atoms with Crippen LogP contribution in [0.5, 0.6) is 0 Å². The number of hydrogen-bond acceptors (Lipinski definition) is 5. The van der Waals surface area contributed by atoms with Crippen molar-refractivity contribution in [3.8, 4) is 0 Å². The number of carbonyl (C=O) groups is 2. The van der Waals surface area contributed by atoms with Crippen molar-refractivity contribution in [1.82, 2.24) is 0 Å². The summed E-state index contributed by atoms with van der Waals surface area (Å²) in [6.45, 7) is 3.57. The molecule has 2 fully saturated rings. The van der Waals surface area contributed by atoms with Crippen molar-refractivity contribution in [2.45, 2.75) is 109 Å². The summed E-state index contributed by atoms with van der Waals surface area (Å²) in [6.07, 6.45) is 5.01. The number of esters is 1. The van der Waals surface area contributed by atoms with E-state index < -0.39 is 23.7 Å². The van der Waals surface area contributed by atoms with Crippen molar-refractivity contribution in [1.29, 1.82) is 0 Å². The van der Waals surface area contributed by atoms with E-state index in [1.165, 1.54) is 6.92 Å². The van der Waals surface area contributed by atoms with Crippen molar-refractivity contribution in [3.05, 3.63) is 35.9 Å². The van der Waals surface area contributed by atoms with Crippen LogP contribution in [-0.4, -0.2) is 34.7 Å². The van der Waals surface area contributed by atoms with Gasteiger partial charge in [0, 0.05) is 31.1 Å². The molecule has 1 aromatic rings. The van der Waals surface area contributed by atoms with E-state index in [0.29, 0.717) is 32.1 Å². The molecular weight excluding hydrogens is 454 g/mol. The van der Waals surface area contributed by atoms with Crippen LogP contribution >= 0.6 is 0 Å².